The SMILES string of the molecule is CS(=O)(=O)N1CC[C@@H](NC(=O)Nc2cnc3[nH]ccc3n2)C1. The van der Waals surface area contributed by atoms with E-state index in [2.05, 4.69) is 25.6 Å². The minimum Gasteiger partial charge on any atom is -0.345 e. The number of rotatable bonds is 3. The van der Waals surface area contributed by atoms with Crippen LogP contribution in [0.25, 0.3) is 11.2 Å². The molecule has 1 fully saturated rings. The largest absolute Gasteiger partial charge is 0.345 e. The molecular weight excluding hydrogens is 308 g/mol. The molecule has 118 valence electrons. The summed E-state index contributed by atoms with van der Waals surface area (Å²) in [6, 6.07) is 1.12. The minimum atomic E-state index is -3.21. The van der Waals surface area contributed by atoms with Gasteiger partial charge in [-0.05, 0) is 12.5 Å². The molecular formula is C12H16N6O3S. The molecule has 3 rings (SSSR count). The summed E-state index contributed by atoms with van der Waals surface area (Å²) in [5.74, 6) is 0.336. The maximum Gasteiger partial charge on any atom is 0.320 e. The third kappa shape index (κ3) is 3.17. The Morgan fingerprint density at radius 2 is 2.32 bits per heavy atom. The number of aromatic amines is 1. The minimum absolute atomic E-state index is 0.210. The number of nitrogens with one attached hydrogen (secondary N) is 3. The summed E-state index contributed by atoms with van der Waals surface area (Å²) >= 11 is 0. The van der Waals surface area contributed by atoms with Gasteiger partial charge in [-0.1, -0.05) is 0 Å². The summed E-state index contributed by atoms with van der Waals surface area (Å²) in [5, 5.41) is 5.34. The van der Waals surface area contributed by atoms with E-state index in [1.54, 1.807) is 12.3 Å². The lowest BCUT2D eigenvalue weighted by atomic mass is 10.3. The van der Waals surface area contributed by atoms with E-state index in [4.69, 9.17) is 0 Å². The van der Waals surface area contributed by atoms with Crippen LogP contribution in [0.15, 0.2) is 18.5 Å². The number of carbonyl (C=O) groups is 1. The number of amides is 2. The van der Waals surface area contributed by atoms with Crippen molar-refractivity contribution in [3.05, 3.63) is 18.5 Å². The van der Waals surface area contributed by atoms with Gasteiger partial charge in [-0.3, -0.25) is 5.32 Å². The van der Waals surface area contributed by atoms with Crippen molar-refractivity contribution in [2.45, 2.75) is 12.5 Å². The Bertz CT molecular complexity index is 802. The summed E-state index contributed by atoms with van der Waals surface area (Å²) in [6.45, 7) is 0.702. The molecule has 0 spiro atoms. The van der Waals surface area contributed by atoms with Crippen LogP contribution < -0.4 is 10.6 Å². The smallest absolute Gasteiger partial charge is 0.320 e. The van der Waals surface area contributed by atoms with Gasteiger partial charge in [0.25, 0.3) is 0 Å². The summed E-state index contributed by atoms with van der Waals surface area (Å²) in [7, 11) is -3.21. The fraction of sp³-hybridized carbons (Fsp3) is 0.417. The van der Waals surface area contributed by atoms with Gasteiger partial charge in [0.15, 0.2) is 11.5 Å². The predicted octanol–water partition coefficient (Wildman–Crippen LogP) is 0.113. The summed E-state index contributed by atoms with van der Waals surface area (Å²) in [5.41, 5.74) is 1.30. The zero-order valence-electron chi connectivity index (χ0n) is 11.9. The fourth-order valence-electron chi connectivity index (χ4n) is 2.38. The van der Waals surface area contributed by atoms with E-state index < -0.39 is 16.1 Å². The quantitative estimate of drug-likeness (QED) is 0.740. The lowest BCUT2D eigenvalue weighted by Gasteiger charge is -2.14. The molecule has 0 unspecified atom stereocenters. The molecule has 0 bridgehead atoms. The Morgan fingerprint density at radius 3 is 3.05 bits per heavy atom. The molecule has 10 heteroatoms. The summed E-state index contributed by atoms with van der Waals surface area (Å²) < 4.78 is 24.2. The van der Waals surface area contributed by atoms with Crippen molar-refractivity contribution in [3.8, 4) is 0 Å². The van der Waals surface area contributed by atoms with Crippen LogP contribution in [0.5, 0.6) is 0 Å². The average Bonchev–Trinajstić information content (AvgIpc) is 3.05. The van der Waals surface area contributed by atoms with Crippen LogP contribution in [-0.2, 0) is 10.0 Å². The van der Waals surface area contributed by atoms with Crippen molar-refractivity contribution in [1.82, 2.24) is 24.6 Å². The molecule has 2 amide bonds. The van der Waals surface area contributed by atoms with Crippen molar-refractivity contribution in [2.75, 3.05) is 24.7 Å². The number of hydrogen-bond acceptors (Lipinski definition) is 5. The monoisotopic (exact) mass is 324 g/mol. The van der Waals surface area contributed by atoms with Gasteiger partial charge < -0.3 is 10.3 Å². The molecule has 1 aliphatic rings. The molecule has 0 radical (unpaired) electrons. The highest BCUT2D eigenvalue weighted by Crippen LogP contribution is 2.13. The van der Waals surface area contributed by atoms with Gasteiger partial charge in [0.2, 0.25) is 10.0 Å². The van der Waals surface area contributed by atoms with E-state index in [0.29, 0.717) is 29.9 Å². The number of anilines is 1. The molecule has 3 N–H and O–H groups in total. The van der Waals surface area contributed by atoms with E-state index in [0.717, 1.165) is 6.26 Å². The first-order valence-corrected chi connectivity index (χ1v) is 8.59. The molecule has 2 aromatic rings. The van der Waals surface area contributed by atoms with Crippen LogP contribution in [0.3, 0.4) is 0 Å². The van der Waals surface area contributed by atoms with Crippen molar-refractivity contribution >= 4 is 33.0 Å². The van der Waals surface area contributed by atoms with Crippen molar-refractivity contribution < 1.29 is 13.2 Å². The van der Waals surface area contributed by atoms with Gasteiger partial charge in [-0.15, -0.1) is 0 Å². The van der Waals surface area contributed by atoms with Crippen molar-refractivity contribution in [2.24, 2.45) is 0 Å². The summed E-state index contributed by atoms with van der Waals surface area (Å²) in [6.07, 6.45) is 4.92. The number of H-pyrrole nitrogens is 1. The second-order valence-electron chi connectivity index (χ2n) is 5.17. The average molecular weight is 324 g/mol. The van der Waals surface area contributed by atoms with Crippen molar-refractivity contribution in [1.29, 1.82) is 0 Å². The second kappa shape index (κ2) is 5.54. The number of fused-ring (bicyclic) bond motifs is 1. The number of urea groups is 1. The molecule has 3 heterocycles. The molecule has 1 saturated heterocycles. The van der Waals surface area contributed by atoms with Gasteiger partial charge >= 0.3 is 6.03 Å². The van der Waals surface area contributed by atoms with E-state index in [9.17, 15) is 13.2 Å². The van der Waals surface area contributed by atoms with Gasteiger partial charge in [0.05, 0.1) is 12.5 Å². The maximum absolute atomic E-state index is 11.9. The summed E-state index contributed by atoms with van der Waals surface area (Å²) in [4.78, 5) is 23.2. The molecule has 9 nitrogen and oxygen atoms in total. The number of aromatic nitrogens is 3. The van der Waals surface area contributed by atoms with E-state index >= 15 is 0 Å². The number of carbonyl (C=O) groups excluding carboxylic acids is 1. The predicted molar refractivity (Wildman–Crippen MR) is 80.9 cm³/mol. The lowest BCUT2D eigenvalue weighted by Crippen LogP contribution is -2.40. The highest BCUT2D eigenvalue weighted by molar-refractivity contribution is 7.88. The standard InChI is InChI=1S/C12H16N6O3S/c1-22(20,21)18-5-3-8(7-18)15-12(19)17-10-6-14-11-9(16-10)2-4-13-11/h2,4,6,8H,3,5,7H2,1H3,(H,13,14)(H2,15,16,17,19)/t8-/m1/s1. The third-order valence-corrected chi connectivity index (χ3v) is 4.73. The van der Waals surface area contributed by atoms with Crippen LogP contribution in [0.4, 0.5) is 10.6 Å². The first-order valence-electron chi connectivity index (χ1n) is 6.74. The number of sulfonamides is 1. The highest BCUT2D eigenvalue weighted by Gasteiger charge is 2.29. The Kier molecular flexibility index (Phi) is 3.71. The molecule has 1 aliphatic heterocycles. The third-order valence-electron chi connectivity index (χ3n) is 3.46. The van der Waals surface area contributed by atoms with Crippen molar-refractivity contribution in [3.63, 3.8) is 0 Å². The topological polar surface area (TPSA) is 120 Å². The molecule has 1 atom stereocenters. The first kappa shape index (κ1) is 14.7. The zero-order valence-corrected chi connectivity index (χ0v) is 12.7. The van der Waals surface area contributed by atoms with E-state index in [1.807, 2.05) is 0 Å². The van der Waals surface area contributed by atoms with Crippen LogP contribution >= 0.6 is 0 Å². The maximum atomic E-state index is 11.9. The van der Waals surface area contributed by atoms with Gasteiger partial charge in [0, 0.05) is 25.3 Å². The Labute approximate surface area is 127 Å². The van der Waals surface area contributed by atoms with Crippen LogP contribution in [0.2, 0.25) is 0 Å². The molecule has 0 saturated carbocycles. The van der Waals surface area contributed by atoms with E-state index in [-0.39, 0.29) is 12.6 Å². The second-order valence-corrected chi connectivity index (χ2v) is 7.15. The lowest BCUT2D eigenvalue weighted by molar-refractivity contribution is 0.248. The molecule has 0 aromatic carbocycles. The zero-order chi connectivity index (χ0) is 15.7. The first-order chi connectivity index (χ1) is 10.4. The fourth-order valence-corrected chi connectivity index (χ4v) is 3.26. The van der Waals surface area contributed by atoms with E-state index in [1.165, 1.54) is 10.5 Å². The van der Waals surface area contributed by atoms with Crippen LogP contribution in [0, 0.1) is 0 Å². The van der Waals surface area contributed by atoms with Gasteiger partial charge in [-0.25, -0.2) is 27.5 Å². The Hall–Kier alpha value is -2.20. The highest BCUT2D eigenvalue weighted by atomic mass is 32.2. The molecule has 2 aromatic heterocycles. The molecule has 0 aliphatic carbocycles. The Balaban J connectivity index is 1.59. The van der Waals surface area contributed by atoms with Gasteiger partial charge in [0.1, 0.15) is 5.52 Å². The van der Waals surface area contributed by atoms with Crippen LogP contribution in [-0.4, -0.2) is 59.1 Å². The van der Waals surface area contributed by atoms with Gasteiger partial charge in [-0.2, -0.15) is 0 Å². The van der Waals surface area contributed by atoms with Crippen LogP contribution in [0.1, 0.15) is 6.42 Å². The molecule has 22 heavy (non-hydrogen) atoms. The number of nitrogens with zero attached hydrogens (tertiary/aromatic N) is 3. The normalized spacial score (nSPS) is 19.4. The number of hydrogen-bond donors (Lipinski definition) is 3. The Morgan fingerprint density at radius 1 is 1.50 bits per heavy atom.